The Morgan fingerprint density at radius 2 is 2.12 bits per heavy atom. The van der Waals surface area contributed by atoms with Crippen LogP contribution in [0.4, 0.5) is 4.39 Å². The first-order valence-corrected chi connectivity index (χ1v) is 5.65. The SMILES string of the molecule is CC(C)CCOc1cc(CCO)ccc1F. The lowest BCUT2D eigenvalue weighted by atomic mass is 10.1. The number of aliphatic hydroxyl groups is 1. The van der Waals surface area contributed by atoms with Crippen LogP contribution in [0.2, 0.25) is 0 Å². The second kappa shape index (κ2) is 6.48. The van der Waals surface area contributed by atoms with E-state index < -0.39 is 0 Å². The van der Waals surface area contributed by atoms with Gasteiger partial charge in [-0.3, -0.25) is 0 Å². The Kier molecular flexibility index (Phi) is 5.26. The third-order valence-electron chi connectivity index (χ3n) is 2.35. The monoisotopic (exact) mass is 226 g/mol. The summed E-state index contributed by atoms with van der Waals surface area (Å²) in [4.78, 5) is 0. The van der Waals surface area contributed by atoms with Crippen molar-refractivity contribution in [2.45, 2.75) is 26.7 Å². The second-order valence-corrected chi connectivity index (χ2v) is 4.27. The molecule has 1 aromatic carbocycles. The van der Waals surface area contributed by atoms with E-state index in [4.69, 9.17) is 9.84 Å². The first-order valence-electron chi connectivity index (χ1n) is 5.65. The normalized spacial score (nSPS) is 10.8. The molecule has 16 heavy (non-hydrogen) atoms. The molecule has 0 bridgehead atoms. The molecule has 1 aromatic rings. The first-order chi connectivity index (χ1) is 7.63. The third-order valence-corrected chi connectivity index (χ3v) is 2.35. The second-order valence-electron chi connectivity index (χ2n) is 4.27. The van der Waals surface area contributed by atoms with Crippen molar-refractivity contribution in [1.29, 1.82) is 0 Å². The zero-order valence-electron chi connectivity index (χ0n) is 9.87. The van der Waals surface area contributed by atoms with E-state index in [-0.39, 0.29) is 18.2 Å². The smallest absolute Gasteiger partial charge is 0.165 e. The zero-order chi connectivity index (χ0) is 12.0. The Balaban J connectivity index is 2.59. The summed E-state index contributed by atoms with van der Waals surface area (Å²) in [6.07, 6.45) is 1.44. The fraction of sp³-hybridized carbons (Fsp3) is 0.538. The van der Waals surface area contributed by atoms with Gasteiger partial charge in [0.05, 0.1) is 6.61 Å². The molecule has 0 saturated carbocycles. The maximum Gasteiger partial charge on any atom is 0.165 e. The van der Waals surface area contributed by atoms with Crippen molar-refractivity contribution in [3.05, 3.63) is 29.6 Å². The summed E-state index contributed by atoms with van der Waals surface area (Å²) in [6, 6.07) is 4.71. The fourth-order valence-corrected chi connectivity index (χ4v) is 1.35. The molecule has 1 rings (SSSR count). The van der Waals surface area contributed by atoms with Crippen LogP contribution in [-0.4, -0.2) is 18.3 Å². The highest BCUT2D eigenvalue weighted by molar-refractivity contribution is 5.30. The van der Waals surface area contributed by atoms with Crippen LogP contribution in [-0.2, 0) is 6.42 Å². The summed E-state index contributed by atoms with van der Waals surface area (Å²) in [5.41, 5.74) is 0.892. The molecule has 0 aliphatic rings. The molecule has 0 amide bonds. The molecular formula is C13H19FO2. The van der Waals surface area contributed by atoms with Gasteiger partial charge in [0.15, 0.2) is 11.6 Å². The Bertz CT molecular complexity index is 324. The summed E-state index contributed by atoms with van der Waals surface area (Å²) in [6.45, 7) is 4.79. The van der Waals surface area contributed by atoms with Gasteiger partial charge in [0.1, 0.15) is 0 Å². The van der Waals surface area contributed by atoms with Crippen LogP contribution in [0.3, 0.4) is 0 Å². The van der Waals surface area contributed by atoms with E-state index in [1.165, 1.54) is 6.07 Å². The van der Waals surface area contributed by atoms with Crippen LogP contribution >= 0.6 is 0 Å². The first kappa shape index (κ1) is 13.0. The van der Waals surface area contributed by atoms with E-state index >= 15 is 0 Å². The molecule has 0 atom stereocenters. The third kappa shape index (κ3) is 4.19. The van der Waals surface area contributed by atoms with Gasteiger partial charge < -0.3 is 9.84 Å². The van der Waals surface area contributed by atoms with Crippen LogP contribution in [0.25, 0.3) is 0 Å². The van der Waals surface area contributed by atoms with E-state index in [1.807, 2.05) is 0 Å². The average molecular weight is 226 g/mol. The van der Waals surface area contributed by atoms with Crippen LogP contribution in [0.15, 0.2) is 18.2 Å². The number of benzene rings is 1. The van der Waals surface area contributed by atoms with E-state index in [9.17, 15) is 4.39 Å². The highest BCUT2D eigenvalue weighted by Gasteiger charge is 2.05. The van der Waals surface area contributed by atoms with Crippen molar-refractivity contribution in [2.75, 3.05) is 13.2 Å². The molecule has 0 aliphatic carbocycles. The van der Waals surface area contributed by atoms with Crippen LogP contribution in [0, 0.1) is 11.7 Å². The molecule has 0 spiro atoms. The van der Waals surface area contributed by atoms with Crippen molar-refractivity contribution >= 4 is 0 Å². The van der Waals surface area contributed by atoms with Crippen molar-refractivity contribution in [3.8, 4) is 5.75 Å². The number of aliphatic hydroxyl groups excluding tert-OH is 1. The summed E-state index contributed by atoms with van der Waals surface area (Å²) < 4.78 is 18.7. The van der Waals surface area contributed by atoms with E-state index in [0.29, 0.717) is 18.9 Å². The maximum absolute atomic E-state index is 13.3. The van der Waals surface area contributed by atoms with Crippen molar-refractivity contribution in [3.63, 3.8) is 0 Å². The molecule has 0 radical (unpaired) electrons. The van der Waals surface area contributed by atoms with Crippen molar-refractivity contribution in [2.24, 2.45) is 5.92 Å². The largest absolute Gasteiger partial charge is 0.490 e. The highest BCUT2D eigenvalue weighted by atomic mass is 19.1. The molecule has 0 heterocycles. The van der Waals surface area contributed by atoms with Crippen molar-refractivity contribution < 1.29 is 14.2 Å². The molecule has 3 heteroatoms. The molecule has 0 fully saturated rings. The fourth-order valence-electron chi connectivity index (χ4n) is 1.35. The van der Waals surface area contributed by atoms with Gasteiger partial charge in [-0.15, -0.1) is 0 Å². The Labute approximate surface area is 96.1 Å². The summed E-state index contributed by atoms with van der Waals surface area (Å²) in [5.74, 6) is 0.487. The van der Waals surface area contributed by atoms with Gasteiger partial charge in [-0.05, 0) is 36.5 Å². The molecule has 1 N–H and O–H groups in total. The Morgan fingerprint density at radius 1 is 1.38 bits per heavy atom. The predicted molar refractivity (Wildman–Crippen MR) is 62.1 cm³/mol. The number of halogens is 1. The van der Waals surface area contributed by atoms with Crippen LogP contribution < -0.4 is 4.74 Å². The van der Waals surface area contributed by atoms with Gasteiger partial charge in [-0.2, -0.15) is 0 Å². The molecule has 0 aromatic heterocycles. The number of hydrogen-bond acceptors (Lipinski definition) is 2. The molecule has 0 unspecified atom stereocenters. The minimum Gasteiger partial charge on any atom is -0.490 e. The van der Waals surface area contributed by atoms with E-state index in [1.54, 1.807) is 12.1 Å². The minimum atomic E-state index is -0.342. The lowest BCUT2D eigenvalue weighted by molar-refractivity contribution is 0.275. The van der Waals surface area contributed by atoms with Crippen LogP contribution in [0.1, 0.15) is 25.8 Å². The van der Waals surface area contributed by atoms with Crippen LogP contribution in [0.5, 0.6) is 5.75 Å². The molecule has 0 saturated heterocycles. The topological polar surface area (TPSA) is 29.5 Å². The summed E-state index contributed by atoms with van der Waals surface area (Å²) in [5, 5.41) is 8.79. The van der Waals surface area contributed by atoms with Gasteiger partial charge in [0.25, 0.3) is 0 Å². The molecule has 2 nitrogen and oxygen atoms in total. The standard InChI is InChI=1S/C13H19FO2/c1-10(2)6-8-16-13-9-11(5-7-15)3-4-12(13)14/h3-4,9-10,15H,5-8H2,1-2H3. The quantitative estimate of drug-likeness (QED) is 0.808. The number of rotatable bonds is 6. The Hall–Kier alpha value is -1.09. The number of hydrogen-bond donors (Lipinski definition) is 1. The average Bonchev–Trinajstić information content (AvgIpc) is 2.22. The van der Waals surface area contributed by atoms with Gasteiger partial charge in [-0.25, -0.2) is 4.39 Å². The predicted octanol–water partition coefficient (Wildman–Crippen LogP) is 2.79. The highest BCUT2D eigenvalue weighted by Crippen LogP contribution is 2.19. The van der Waals surface area contributed by atoms with Gasteiger partial charge in [0, 0.05) is 6.61 Å². The molecule has 0 aliphatic heterocycles. The van der Waals surface area contributed by atoms with Crippen molar-refractivity contribution in [1.82, 2.24) is 0 Å². The number of ether oxygens (including phenoxy) is 1. The molecule has 90 valence electrons. The summed E-state index contributed by atoms with van der Waals surface area (Å²) in [7, 11) is 0. The van der Waals surface area contributed by atoms with Gasteiger partial charge in [0.2, 0.25) is 0 Å². The lowest BCUT2D eigenvalue weighted by Crippen LogP contribution is -2.03. The lowest BCUT2D eigenvalue weighted by Gasteiger charge is -2.10. The van der Waals surface area contributed by atoms with Gasteiger partial charge in [-0.1, -0.05) is 19.9 Å². The minimum absolute atomic E-state index is 0.0665. The zero-order valence-corrected chi connectivity index (χ0v) is 9.87. The van der Waals surface area contributed by atoms with E-state index in [0.717, 1.165) is 12.0 Å². The Morgan fingerprint density at radius 3 is 2.75 bits per heavy atom. The molecular weight excluding hydrogens is 207 g/mol. The van der Waals surface area contributed by atoms with Gasteiger partial charge >= 0.3 is 0 Å². The summed E-state index contributed by atoms with van der Waals surface area (Å²) >= 11 is 0. The van der Waals surface area contributed by atoms with E-state index in [2.05, 4.69) is 13.8 Å². The maximum atomic E-state index is 13.3.